The molecule has 84 valence electrons. The number of thioether (sulfide) groups is 2. The molecule has 0 aromatic carbocycles. The van der Waals surface area contributed by atoms with Crippen LogP contribution in [-0.2, 0) is 10.0 Å². The van der Waals surface area contributed by atoms with Crippen molar-refractivity contribution < 1.29 is 8.42 Å². The minimum absolute atomic E-state index is 0.210. The summed E-state index contributed by atoms with van der Waals surface area (Å²) in [6.45, 7) is 1.94. The predicted octanol–water partition coefficient (Wildman–Crippen LogP) is 1.90. The Kier molecular flexibility index (Phi) is 3.25. The van der Waals surface area contributed by atoms with E-state index in [1.54, 1.807) is 0 Å². The summed E-state index contributed by atoms with van der Waals surface area (Å²) in [5.74, 6) is 0.779. The van der Waals surface area contributed by atoms with E-state index in [1.807, 2.05) is 6.92 Å². The van der Waals surface area contributed by atoms with Crippen LogP contribution in [0.25, 0.3) is 0 Å². The van der Waals surface area contributed by atoms with Gasteiger partial charge < -0.3 is 5.32 Å². The summed E-state index contributed by atoms with van der Waals surface area (Å²) < 4.78 is 27.2. The van der Waals surface area contributed by atoms with Crippen LogP contribution in [0.3, 0.4) is 0 Å². The second-order valence-corrected chi connectivity index (χ2v) is 7.98. The highest BCUT2D eigenvalue weighted by atomic mass is 35.5. The van der Waals surface area contributed by atoms with Gasteiger partial charge in [-0.2, -0.15) is 8.42 Å². The average Bonchev–Trinajstić information content (AvgIpc) is 2.46. The van der Waals surface area contributed by atoms with E-state index >= 15 is 0 Å². The summed E-state index contributed by atoms with van der Waals surface area (Å²) in [7, 11) is -3.50. The monoisotopic (exact) mass is 284 g/mol. The molecule has 0 radical (unpaired) electrons. The molecule has 1 atom stereocenters. The van der Waals surface area contributed by atoms with Gasteiger partial charge in [-0.05, 0) is 5.75 Å². The predicted molar refractivity (Wildman–Crippen MR) is 66.5 cm³/mol. The largest absolute Gasteiger partial charge is 0.336 e. The number of amidine groups is 1. The minimum atomic E-state index is -3.50. The molecule has 4 nitrogen and oxygen atoms in total. The summed E-state index contributed by atoms with van der Waals surface area (Å²) in [6, 6.07) is 0. The number of rotatable bonds is 1. The Morgan fingerprint density at radius 2 is 2.47 bits per heavy atom. The zero-order valence-corrected chi connectivity index (χ0v) is 11.1. The number of nitrogens with zero attached hydrogens (tertiary/aromatic N) is 1. The van der Waals surface area contributed by atoms with Crippen molar-refractivity contribution in [2.45, 2.75) is 18.1 Å². The standard InChI is InChI=1S/C7H9ClN2O2S3/c1-2-13-7-9-4-3-5(8)14-6(4)15(11,12)10-7/h5H,2-3H2,1H3,(H,9,10). The molecule has 2 rings (SSSR count). The summed E-state index contributed by atoms with van der Waals surface area (Å²) in [4.78, 5) is 0. The number of allylic oxidation sites excluding steroid dienone is 1. The molecule has 0 saturated heterocycles. The molecular formula is C7H9ClN2O2S3. The van der Waals surface area contributed by atoms with Crippen molar-refractivity contribution in [2.75, 3.05) is 5.75 Å². The number of hydrogen-bond acceptors (Lipinski definition) is 5. The second kappa shape index (κ2) is 4.20. The zero-order chi connectivity index (χ0) is 11.1. The van der Waals surface area contributed by atoms with Crippen molar-refractivity contribution in [2.24, 2.45) is 4.40 Å². The molecule has 2 heterocycles. The molecule has 2 aliphatic heterocycles. The fourth-order valence-electron chi connectivity index (χ4n) is 1.29. The molecule has 1 N–H and O–H groups in total. The van der Waals surface area contributed by atoms with Gasteiger partial charge in [-0.3, -0.25) is 0 Å². The maximum absolute atomic E-state index is 11.7. The number of alkyl halides is 1. The van der Waals surface area contributed by atoms with E-state index < -0.39 is 10.0 Å². The van der Waals surface area contributed by atoms with Gasteiger partial charge in [0.2, 0.25) is 0 Å². The Hall–Kier alpha value is 0.150. The Morgan fingerprint density at radius 1 is 1.73 bits per heavy atom. The molecule has 0 spiro atoms. The number of hydrogen-bond donors (Lipinski definition) is 1. The first kappa shape index (κ1) is 11.6. The van der Waals surface area contributed by atoms with Crippen molar-refractivity contribution in [3.63, 3.8) is 0 Å². The van der Waals surface area contributed by atoms with E-state index in [1.165, 1.54) is 11.8 Å². The Balaban J connectivity index is 2.31. The third-order valence-electron chi connectivity index (χ3n) is 1.82. The molecule has 0 aliphatic carbocycles. The summed E-state index contributed by atoms with van der Waals surface area (Å²) in [6.07, 6.45) is 0.546. The fourth-order valence-corrected chi connectivity index (χ4v) is 5.35. The van der Waals surface area contributed by atoms with Gasteiger partial charge in [0.15, 0.2) is 5.17 Å². The highest BCUT2D eigenvalue weighted by Crippen LogP contribution is 2.44. The third kappa shape index (κ3) is 2.30. The quantitative estimate of drug-likeness (QED) is 0.745. The van der Waals surface area contributed by atoms with E-state index in [9.17, 15) is 8.42 Å². The van der Waals surface area contributed by atoms with Crippen LogP contribution in [0.2, 0.25) is 0 Å². The van der Waals surface area contributed by atoms with Crippen LogP contribution in [-0.4, -0.2) is 24.0 Å². The molecule has 15 heavy (non-hydrogen) atoms. The molecule has 0 aromatic heterocycles. The lowest BCUT2D eigenvalue weighted by molar-refractivity contribution is 0.604. The molecule has 0 saturated carbocycles. The van der Waals surface area contributed by atoms with E-state index in [4.69, 9.17) is 11.6 Å². The lowest BCUT2D eigenvalue weighted by atomic mass is 10.4. The smallest absolute Gasteiger partial charge is 0.292 e. The van der Waals surface area contributed by atoms with E-state index in [0.717, 1.165) is 17.5 Å². The number of nitrogens with one attached hydrogen (secondary N) is 1. The minimum Gasteiger partial charge on any atom is -0.336 e. The molecule has 0 amide bonds. The van der Waals surface area contributed by atoms with Crippen molar-refractivity contribution in [3.8, 4) is 0 Å². The van der Waals surface area contributed by atoms with Crippen LogP contribution in [0.15, 0.2) is 14.3 Å². The first-order valence-corrected chi connectivity index (χ1v) is 8.06. The van der Waals surface area contributed by atoms with Gasteiger partial charge in [-0.15, -0.1) is 16.0 Å². The highest BCUT2D eigenvalue weighted by Gasteiger charge is 2.36. The van der Waals surface area contributed by atoms with E-state index in [2.05, 4.69) is 9.71 Å². The van der Waals surface area contributed by atoms with Crippen molar-refractivity contribution in [3.05, 3.63) is 9.93 Å². The van der Waals surface area contributed by atoms with Crippen molar-refractivity contribution in [1.29, 1.82) is 0 Å². The van der Waals surface area contributed by atoms with Gasteiger partial charge in [0, 0.05) is 12.1 Å². The SMILES string of the molecule is CCSC1=NS(=O)(=O)C2=C(CC(Cl)S2)N1. The zero-order valence-electron chi connectivity index (χ0n) is 7.86. The van der Waals surface area contributed by atoms with Gasteiger partial charge in [0.25, 0.3) is 10.0 Å². The molecule has 0 fully saturated rings. The molecular weight excluding hydrogens is 276 g/mol. The van der Waals surface area contributed by atoms with Gasteiger partial charge in [-0.1, -0.05) is 30.4 Å². The maximum Gasteiger partial charge on any atom is 0.292 e. The van der Waals surface area contributed by atoms with E-state index in [-0.39, 0.29) is 8.95 Å². The lowest BCUT2D eigenvalue weighted by Crippen LogP contribution is -2.26. The summed E-state index contributed by atoms with van der Waals surface area (Å²) in [5, 5.41) is 3.46. The molecule has 0 bridgehead atoms. The number of sulfonamides is 1. The lowest BCUT2D eigenvalue weighted by Gasteiger charge is -2.15. The van der Waals surface area contributed by atoms with Gasteiger partial charge >= 0.3 is 0 Å². The third-order valence-corrected chi connectivity index (χ3v) is 6.06. The van der Waals surface area contributed by atoms with Crippen LogP contribution in [0.4, 0.5) is 0 Å². The average molecular weight is 285 g/mol. The molecule has 1 unspecified atom stereocenters. The van der Waals surface area contributed by atoms with Gasteiger partial charge in [0.1, 0.15) is 4.24 Å². The van der Waals surface area contributed by atoms with Gasteiger partial charge in [0.05, 0.1) is 4.71 Å². The molecule has 2 aliphatic rings. The maximum atomic E-state index is 11.7. The van der Waals surface area contributed by atoms with E-state index in [0.29, 0.717) is 17.3 Å². The first-order valence-electron chi connectivity index (χ1n) is 4.31. The Bertz CT molecular complexity index is 443. The Labute approximate surface area is 102 Å². The Morgan fingerprint density at radius 3 is 3.13 bits per heavy atom. The van der Waals surface area contributed by atoms with Crippen LogP contribution in [0.1, 0.15) is 13.3 Å². The second-order valence-electron chi connectivity index (χ2n) is 2.93. The first-order chi connectivity index (χ1) is 7.03. The van der Waals surface area contributed by atoms with Crippen LogP contribution in [0.5, 0.6) is 0 Å². The molecule has 8 heteroatoms. The fraction of sp³-hybridized carbons (Fsp3) is 0.571. The van der Waals surface area contributed by atoms with Gasteiger partial charge in [-0.25, -0.2) is 0 Å². The van der Waals surface area contributed by atoms with Crippen LogP contribution < -0.4 is 5.32 Å². The summed E-state index contributed by atoms with van der Waals surface area (Å²) >= 11 is 8.43. The normalized spacial score (nSPS) is 28.4. The van der Waals surface area contributed by atoms with Crippen LogP contribution >= 0.6 is 35.1 Å². The topological polar surface area (TPSA) is 58.5 Å². The van der Waals surface area contributed by atoms with Crippen molar-refractivity contribution in [1.82, 2.24) is 5.32 Å². The summed E-state index contributed by atoms with van der Waals surface area (Å²) in [5.41, 5.74) is 0.686. The van der Waals surface area contributed by atoms with Crippen LogP contribution in [0, 0.1) is 0 Å². The van der Waals surface area contributed by atoms with Crippen molar-refractivity contribution >= 4 is 50.3 Å². The highest BCUT2D eigenvalue weighted by molar-refractivity contribution is 8.20. The number of halogens is 1. The molecule has 0 aromatic rings.